The summed E-state index contributed by atoms with van der Waals surface area (Å²) in [5.41, 5.74) is 4.46. The lowest BCUT2D eigenvalue weighted by Gasteiger charge is -2.39. The largest absolute Gasteiger partial charge is 0.497 e. The molecule has 5 atom stereocenters. The lowest BCUT2D eigenvalue weighted by atomic mass is 9.82. The molecule has 58 heavy (non-hydrogen) atoms. The minimum atomic E-state index is -2.52. The van der Waals surface area contributed by atoms with Gasteiger partial charge in [-0.15, -0.1) is 0 Å². The molecule has 0 aliphatic carbocycles. The van der Waals surface area contributed by atoms with Gasteiger partial charge in [-0.05, 0) is 71.1 Å². The Labute approximate surface area is 338 Å². The van der Waals surface area contributed by atoms with E-state index in [2.05, 4.69) is 43.3 Å². The zero-order valence-electron chi connectivity index (χ0n) is 33.2. The highest BCUT2D eigenvalue weighted by molar-refractivity contribution is 6.91. The Bertz CT molecular complexity index is 2600. The number of amides is 2. The number of hydrogen-bond donors (Lipinski definition) is 2. The van der Waals surface area contributed by atoms with Crippen LogP contribution in [-0.4, -0.2) is 65.5 Å². The van der Waals surface area contributed by atoms with E-state index in [1.165, 1.54) is 9.87 Å². The molecule has 4 heterocycles. The van der Waals surface area contributed by atoms with Crippen molar-refractivity contribution in [3.63, 3.8) is 0 Å². The van der Waals surface area contributed by atoms with E-state index >= 15 is 4.79 Å². The van der Waals surface area contributed by atoms with Gasteiger partial charge in [-0.1, -0.05) is 104 Å². The number of anilines is 1. The number of nitrogens with zero attached hydrogens (tertiary/aromatic N) is 3. The van der Waals surface area contributed by atoms with Gasteiger partial charge in [0.25, 0.3) is 11.5 Å². The van der Waals surface area contributed by atoms with E-state index in [-0.39, 0.29) is 54.4 Å². The number of aliphatic hydroxyl groups is 1. The van der Waals surface area contributed by atoms with Gasteiger partial charge in [0, 0.05) is 18.0 Å². The molecule has 0 bridgehead atoms. The lowest BCUT2D eigenvalue weighted by Crippen LogP contribution is -2.52. The number of carbonyl (C=O) groups excluding carboxylic acids is 2. The molecule has 1 saturated heterocycles. The van der Waals surface area contributed by atoms with Crippen molar-refractivity contribution in [2.24, 2.45) is 5.92 Å². The van der Waals surface area contributed by atoms with E-state index in [0.29, 0.717) is 24.0 Å². The molecule has 2 amide bonds. The summed E-state index contributed by atoms with van der Waals surface area (Å²) in [6.07, 6.45) is 0.0899. The molecule has 10 nitrogen and oxygen atoms in total. The molecule has 0 unspecified atom stereocenters. The number of para-hydroxylation sites is 2. The number of hydrogen-bond acceptors (Lipinski definition) is 6. The normalized spacial score (nSPS) is 22.7. The second-order valence-electron chi connectivity index (χ2n) is 16.6. The molecule has 5 aromatic carbocycles. The Morgan fingerprint density at radius 2 is 1.64 bits per heavy atom. The second kappa shape index (κ2) is 14.6. The van der Waals surface area contributed by atoms with Crippen molar-refractivity contribution in [1.82, 2.24) is 14.7 Å². The first-order valence-electron chi connectivity index (χ1n) is 20.0. The molecule has 9 rings (SSSR count). The minimum absolute atomic E-state index is 0.0821. The monoisotopic (exact) mass is 792 g/mol. The average Bonchev–Trinajstić information content (AvgIpc) is 3.83. The number of ether oxygens (including phenoxy) is 2. The van der Waals surface area contributed by atoms with Crippen LogP contribution in [0.25, 0.3) is 16.6 Å². The molecule has 0 saturated carbocycles. The van der Waals surface area contributed by atoms with Crippen LogP contribution in [0.2, 0.25) is 18.6 Å². The highest BCUT2D eigenvalue weighted by Gasteiger charge is 2.66. The Balaban J connectivity index is 1.09. The predicted molar refractivity (Wildman–Crippen MR) is 227 cm³/mol. The molecule has 0 radical (unpaired) electrons. The number of aromatic nitrogens is 2. The predicted octanol–water partition coefficient (Wildman–Crippen LogP) is 6.43. The fraction of sp³-hybridized carbons (Fsp3) is 0.298. The first-order chi connectivity index (χ1) is 28.0. The number of methoxy groups -OCH3 is 1. The van der Waals surface area contributed by atoms with Gasteiger partial charge in [-0.25, -0.2) is 4.68 Å². The summed E-state index contributed by atoms with van der Waals surface area (Å²) in [5.74, 6) is 0.225. The van der Waals surface area contributed by atoms with E-state index in [4.69, 9.17) is 9.47 Å². The van der Waals surface area contributed by atoms with Crippen molar-refractivity contribution in [3.05, 3.63) is 154 Å². The summed E-state index contributed by atoms with van der Waals surface area (Å²) in [7, 11) is -0.866. The van der Waals surface area contributed by atoms with Crippen molar-refractivity contribution < 1.29 is 24.2 Å². The molecule has 1 fully saturated rings. The maximum atomic E-state index is 15.4. The van der Waals surface area contributed by atoms with E-state index in [1.807, 2.05) is 107 Å². The van der Waals surface area contributed by atoms with Gasteiger partial charge in [0.05, 0.1) is 69.2 Å². The van der Waals surface area contributed by atoms with Crippen molar-refractivity contribution in [1.29, 1.82) is 0 Å². The van der Waals surface area contributed by atoms with Gasteiger partial charge >= 0.3 is 0 Å². The van der Waals surface area contributed by atoms with Crippen molar-refractivity contribution >= 4 is 41.7 Å². The van der Waals surface area contributed by atoms with Crippen molar-refractivity contribution in [2.45, 2.75) is 69.2 Å². The number of fused-ring (bicyclic) bond motifs is 4. The summed E-state index contributed by atoms with van der Waals surface area (Å²) >= 11 is 0. The first-order valence-corrected chi connectivity index (χ1v) is 23.1. The Kier molecular flexibility index (Phi) is 9.49. The summed E-state index contributed by atoms with van der Waals surface area (Å²) < 4.78 is 14.3. The maximum Gasteiger partial charge on any atom is 0.279 e. The number of rotatable bonds is 9. The molecule has 11 heteroatoms. The Morgan fingerprint density at radius 1 is 0.914 bits per heavy atom. The molecule has 1 aromatic heterocycles. The van der Waals surface area contributed by atoms with Crippen LogP contribution in [-0.2, 0) is 39.4 Å². The number of aliphatic hydroxyl groups excluding tert-OH is 1. The molecular formula is C47H48N4O6Si. The highest BCUT2D eigenvalue weighted by Crippen LogP contribution is 2.60. The maximum absolute atomic E-state index is 15.4. The zero-order valence-corrected chi connectivity index (χ0v) is 34.2. The topological polar surface area (TPSA) is 117 Å². The molecular weight excluding hydrogens is 745 g/mol. The van der Waals surface area contributed by atoms with Gasteiger partial charge < -0.3 is 24.4 Å². The fourth-order valence-corrected chi connectivity index (χ4v) is 14.2. The van der Waals surface area contributed by atoms with Gasteiger partial charge in [-0.3, -0.25) is 19.5 Å². The second-order valence-corrected chi connectivity index (χ2v) is 21.3. The zero-order chi connectivity index (χ0) is 40.3. The molecule has 296 valence electrons. The van der Waals surface area contributed by atoms with Gasteiger partial charge in [0.15, 0.2) is 5.60 Å². The number of H-pyrrole nitrogens is 1. The summed E-state index contributed by atoms with van der Waals surface area (Å²) in [5, 5.41) is 15.5. The lowest BCUT2D eigenvalue weighted by molar-refractivity contribution is -0.151. The first kappa shape index (κ1) is 37.8. The molecule has 2 N–H and O–H groups in total. The summed E-state index contributed by atoms with van der Waals surface area (Å²) in [4.78, 5) is 47.0. The van der Waals surface area contributed by atoms with Gasteiger partial charge in [0.1, 0.15) is 5.75 Å². The van der Waals surface area contributed by atoms with E-state index in [9.17, 15) is 14.7 Å². The van der Waals surface area contributed by atoms with Gasteiger partial charge in [0.2, 0.25) is 5.91 Å². The van der Waals surface area contributed by atoms with Crippen LogP contribution in [0.5, 0.6) is 5.75 Å². The number of nitrogens with one attached hydrogen (secondary N) is 1. The van der Waals surface area contributed by atoms with Crippen LogP contribution in [0.15, 0.2) is 126 Å². The third-order valence-electron chi connectivity index (χ3n) is 13.1. The molecule has 3 aliphatic heterocycles. The molecule has 6 aromatic rings. The number of carbonyl (C=O) groups is 2. The van der Waals surface area contributed by atoms with Crippen molar-refractivity contribution in [3.8, 4) is 11.4 Å². The minimum Gasteiger partial charge on any atom is -0.497 e. The molecule has 1 spiro atoms. The Morgan fingerprint density at radius 3 is 2.40 bits per heavy atom. The highest BCUT2D eigenvalue weighted by atomic mass is 28.3. The molecule has 3 aliphatic rings. The standard InChI is InChI=1S/C47H48N4O6Si/c1-30-44(58(3,4)37-22-20-36(56-2)21-23-37)42(26-43(53)49-28-33-14-6-5-13-32(33)25-35(49)29-52)57-47(30)39-17-8-10-19-41(39)50(46(47)55)27-31-12-11-15-34(24-31)51-45(54)38-16-7-9-18-40(38)48-51/h5-24,30,35,42,44,48,52H,25-29H2,1-4H3/t30-,35+,42+,44-,47+/m1/s1. The van der Waals surface area contributed by atoms with Crippen LogP contribution >= 0.6 is 0 Å². The quantitative estimate of drug-likeness (QED) is 0.163. The van der Waals surface area contributed by atoms with E-state index < -0.39 is 19.8 Å². The number of benzene rings is 5. The third kappa shape index (κ3) is 6.02. The van der Waals surface area contributed by atoms with Crippen LogP contribution in [0, 0.1) is 5.92 Å². The third-order valence-corrected chi connectivity index (χ3v) is 17.5. The fourth-order valence-electron chi connectivity index (χ4n) is 10.2. The average molecular weight is 793 g/mol. The SMILES string of the molecule is COc1ccc([Si](C)(C)[C@H]2[C@H](CC(=O)N3Cc4ccccc4C[C@H]3CO)O[C@@]3(C(=O)N(Cc4cccc(-n5[nH]c6ccccc6c5=O)c4)c4ccccc43)[C@@H]2C)cc1. The van der Waals surface area contributed by atoms with E-state index in [0.717, 1.165) is 39.2 Å². The van der Waals surface area contributed by atoms with Gasteiger partial charge in [-0.2, -0.15) is 0 Å². The van der Waals surface area contributed by atoms with Crippen LogP contribution in [0.4, 0.5) is 5.69 Å². The summed E-state index contributed by atoms with van der Waals surface area (Å²) in [6, 6.07) is 38.9. The van der Waals surface area contributed by atoms with E-state index in [1.54, 1.807) is 13.2 Å². The van der Waals surface area contributed by atoms with Crippen molar-refractivity contribution in [2.75, 3.05) is 18.6 Å². The number of aromatic amines is 1. The summed E-state index contributed by atoms with van der Waals surface area (Å²) in [6.45, 7) is 7.28. The van der Waals surface area contributed by atoms with Crippen LogP contribution < -0.4 is 20.4 Å². The van der Waals surface area contributed by atoms with Crippen LogP contribution in [0.3, 0.4) is 0 Å². The van der Waals surface area contributed by atoms with Crippen LogP contribution in [0.1, 0.15) is 35.6 Å². The Hall–Kier alpha value is -5.75. The smallest absolute Gasteiger partial charge is 0.279 e.